The third-order valence-corrected chi connectivity index (χ3v) is 4.56. The summed E-state index contributed by atoms with van der Waals surface area (Å²) in [6.07, 6.45) is 6.27. The molecule has 5 heteroatoms. The van der Waals surface area contributed by atoms with Crippen LogP contribution in [-0.2, 0) is 0 Å². The van der Waals surface area contributed by atoms with E-state index >= 15 is 0 Å². The molecule has 0 saturated heterocycles. The highest BCUT2D eigenvalue weighted by atomic mass is 35.5. The Morgan fingerprint density at radius 2 is 1.75 bits per heavy atom. The van der Waals surface area contributed by atoms with Crippen LogP contribution in [-0.4, -0.2) is 17.0 Å². The van der Waals surface area contributed by atoms with Crippen molar-refractivity contribution in [3.05, 3.63) is 53.2 Å². The van der Waals surface area contributed by atoms with E-state index in [9.17, 15) is 4.79 Å². The topological polar surface area (TPSA) is 29.5 Å². The van der Waals surface area contributed by atoms with Crippen molar-refractivity contribution >= 4 is 40.1 Å². The number of halogens is 2. The van der Waals surface area contributed by atoms with Gasteiger partial charge in [-0.15, -0.1) is 0 Å². The van der Waals surface area contributed by atoms with E-state index in [0.29, 0.717) is 5.75 Å². The molecular formula is C19H19Cl2NO2. The Morgan fingerprint density at radius 1 is 1.04 bits per heavy atom. The fourth-order valence-corrected chi connectivity index (χ4v) is 3.41. The van der Waals surface area contributed by atoms with Crippen LogP contribution < -0.4 is 4.74 Å². The summed E-state index contributed by atoms with van der Waals surface area (Å²) in [6, 6.07) is 13.5. The van der Waals surface area contributed by atoms with Crippen LogP contribution in [0.4, 0.5) is 4.79 Å². The number of carbonyl (C=O) groups excluding carboxylic acids is 1. The van der Waals surface area contributed by atoms with E-state index in [1.807, 2.05) is 36.4 Å². The van der Waals surface area contributed by atoms with Crippen LogP contribution in [0.5, 0.6) is 5.75 Å². The lowest BCUT2D eigenvalue weighted by molar-refractivity contribution is 0.144. The average Bonchev–Trinajstić information content (AvgIpc) is 2.60. The molecule has 2 aromatic rings. The van der Waals surface area contributed by atoms with Gasteiger partial charge in [0.05, 0.1) is 0 Å². The van der Waals surface area contributed by atoms with Crippen molar-refractivity contribution < 1.29 is 9.53 Å². The van der Waals surface area contributed by atoms with Crippen LogP contribution in [0.25, 0.3) is 10.8 Å². The van der Waals surface area contributed by atoms with Crippen LogP contribution in [0.2, 0.25) is 0 Å². The van der Waals surface area contributed by atoms with Crippen molar-refractivity contribution in [2.24, 2.45) is 0 Å². The molecule has 126 valence electrons. The SMILES string of the molecule is O=C(Oc1cccc2ccccc12)N(C=C(Cl)Cl)C1CCCCC1. The van der Waals surface area contributed by atoms with Gasteiger partial charge in [-0.05, 0) is 24.3 Å². The summed E-state index contributed by atoms with van der Waals surface area (Å²) >= 11 is 11.6. The lowest BCUT2D eigenvalue weighted by Gasteiger charge is -2.31. The number of ether oxygens (including phenoxy) is 1. The zero-order valence-corrected chi connectivity index (χ0v) is 14.8. The Labute approximate surface area is 151 Å². The minimum Gasteiger partial charge on any atom is -0.409 e. The van der Waals surface area contributed by atoms with Crippen LogP contribution >= 0.6 is 23.2 Å². The van der Waals surface area contributed by atoms with Gasteiger partial charge in [0, 0.05) is 17.6 Å². The Morgan fingerprint density at radius 3 is 2.50 bits per heavy atom. The quantitative estimate of drug-likeness (QED) is 0.644. The molecule has 0 radical (unpaired) electrons. The van der Waals surface area contributed by atoms with Crippen LogP contribution in [0.3, 0.4) is 0 Å². The number of amides is 1. The van der Waals surface area contributed by atoms with E-state index in [-0.39, 0.29) is 10.5 Å². The predicted octanol–water partition coefficient (Wildman–Crippen LogP) is 6.25. The molecule has 0 spiro atoms. The summed E-state index contributed by atoms with van der Waals surface area (Å²) in [4.78, 5) is 14.3. The molecule has 0 unspecified atom stereocenters. The first-order chi connectivity index (χ1) is 11.6. The van der Waals surface area contributed by atoms with Gasteiger partial charge in [-0.3, -0.25) is 4.90 Å². The van der Waals surface area contributed by atoms with Gasteiger partial charge >= 0.3 is 6.09 Å². The third kappa shape index (κ3) is 4.03. The Kier molecular flexibility index (Phi) is 5.64. The van der Waals surface area contributed by atoms with E-state index in [0.717, 1.165) is 36.5 Å². The van der Waals surface area contributed by atoms with E-state index in [1.54, 1.807) is 6.07 Å². The molecule has 3 rings (SSSR count). The molecule has 1 saturated carbocycles. The van der Waals surface area contributed by atoms with E-state index in [2.05, 4.69) is 0 Å². The van der Waals surface area contributed by atoms with E-state index < -0.39 is 6.09 Å². The number of fused-ring (bicyclic) bond motifs is 1. The first-order valence-electron chi connectivity index (χ1n) is 8.16. The molecule has 1 fully saturated rings. The minimum absolute atomic E-state index is 0.0513. The van der Waals surface area contributed by atoms with Crippen LogP contribution in [0, 0.1) is 0 Å². The standard InChI is InChI=1S/C19H19Cl2NO2/c20-18(21)13-22(15-9-2-1-3-10-15)19(23)24-17-12-6-8-14-7-4-5-11-16(14)17/h4-8,11-13,15H,1-3,9-10H2. The van der Waals surface area contributed by atoms with Gasteiger partial charge in [0.25, 0.3) is 0 Å². The Balaban J connectivity index is 1.85. The molecule has 1 aliphatic rings. The lowest BCUT2D eigenvalue weighted by atomic mass is 9.95. The maximum absolute atomic E-state index is 12.7. The smallest absolute Gasteiger partial charge is 0.409 e. The van der Waals surface area contributed by atoms with Crippen molar-refractivity contribution in [2.45, 2.75) is 38.1 Å². The van der Waals surface area contributed by atoms with E-state index in [4.69, 9.17) is 27.9 Å². The molecular weight excluding hydrogens is 345 g/mol. The largest absolute Gasteiger partial charge is 0.419 e. The van der Waals surface area contributed by atoms with Crippen molar-refractivity contribution in [3.8, 4) is 5.75 Å². The van der Waals surface area contributed by atoms with Gasteiger partial charge in [0.1, 0.15) is 10.2 Å². The number of carbonyl (C=O) groups is 1. The second-order valence-electron chi connectivity index (χ2n) is 5.96. The summed E-state index contributed by atoms with van der Waals surface area (Å²) in [5.74, 6) is 0.540. The van der Waals surface area contributed by atoms with Gasteiger partial charge in [0.2, 0.25) is 0 Å². The molecule has 0 N–H and O–H groups in total. The number of benzene rings is 2. The van der Waals surface area contributed by atoms with Gasteiger partial charge < -0.3 is 4.74 Å². The first kappa shape index (κ1) is 17.1. The van der Waals surface area contributed by atoms with Crippen molar-refractivity contribution in [1.29, 1.82) is 0 Å². The normalized spacial score (nSPS) is 15.1. The fraction of sp³-hybridized carbons (Fsp3) is 0.316. The molecule has 0 aliphatic heterocycles. The van der Waals surface area contributed by atoms with Gasteiger partial charge in [-0.25, -0.2) is 4.79 Å². The second kappa shape index (κ2) is 7.91. The summed E-state index contributed by atoms with van der Waals surface area (Å²) < 4.78 is 5.72. The third-order valence-electron chi connectivity index (χ3n) is 4.36. The highest BCUT2D eigenvalue weighted by Crippen LogP contribution is 2.28. The highest BCUT2D eigenvalue weighted by Gasteiger charge is 2.26. The fourth-order valence-electron chi connectivity index (χ4n) is 3.20. The molecule has 0 bridgehead atoms. The molecule has 24 heavy (non-hydrogen) atoms. The van der Waals surface area contributed by atoms with Gasteiger partial charge in [-0.2, -0.15) is 0 Å². The summed E-state index contributed by atoms with van der Waals surface area (Å²) in [5, 5.41) is 1.93. The molecule has 0 heterocycles. The monoisotopic (exact) mass is 363 g/mol. The highest BCUT2D eigenvalue weighted by molar-refractivity contribution is 6.55. The number of hydrogen-bond acceptors (Lipinski definition) is 2. The number of rotatable bonds is 3. The Bertz CT molecular complexity index is 745. The molecule has 1 amide bonds. The van der Waals surface area contributed by atoms with Crippen molar-refractivity contribution in [3.63, 3.8) is 0 Å². The van der Waals surface area contributed by atoms with Gasteiger partial charge in [0.15, 0.2) is 0 Å². The average molecular weight is 364 g/mol. The molecule has 0 aromatic heterocycles. The maximum Gasteiger partial charge on any atom is 0.419 e. The molecule has 1 aliphatic carbocycles. The van der Waals surface area contributed by atoms with Crippen LogP contribution in [0.1, 0.15) is 32.1 Å². The predicted molar refractivity (Wildman–Crippen MR) is 98.5 cm³/mol. The first-order valence-corrected chi connectivity index (χ1v) is 8.91. The zero-order chi connectivity index (χ0) is 16.9. The molecule has 3 nitrogen and oxygen atoms in total. The summed E-state index contributed by atoms with van der Waals surface area (Å²) in [7, 11) is 0. The van der Waals surface area contributed by atoms with Crippen molar-refractivity contribution in [2.75, 3.05) is 0 Å². The summed E-state index contributed by atoms with van der Waals surface area (Å²) in [6.45, 7) is 0. The maximum atomic E-state index is 12.7. The van der Waals surface area contributed by atoms with E-state index in [1.165, 1.54) is 17.5 Å². The summed E-state index contributed by atoms with van der Waals surface area (Å²) in [5.41, 5.74) is 0. The second-order valence-corrected chi connectivity index (χ2v) is 6.97. The molecule has 0 atom stereocenters. The van der Waals surface area contributed by atoms with Gasteiger partial charge in [-0.1, -0.05) is 78.9 Å². The number of nitrogens with zero attached hydrogens (tertiary/aromatic N) is 1. The van der Waals surface area contributed by atoms with Crippen LogP contribution in [0.15, 0.2) is 53.2 Å². The van der Waals surface area contributed by atoms with Crippen molar-refractivity contribution in [1.82, 2.24) is 4.90 Å². The lowest BCUT2D eigenvalue weighted by Crippen LogP contribution is -2.39. The number of hydrogen-bond donors (Lipinski definition) is 0. The molecule has 2 aromatic carbocycles. The minimum atomic E-state index is -0.447. The zero-order valence-electron chi connectivity index (χ0n) is 13.3. The Hall–Kier alpha value is -1.71.